The van der Waals surface area contributed by atoms with Gasteiger partial charge in [-0.05, 0) is 56.4 Å². The second-order valence-corrected chi connectivity index (χ2v) is 7.63. The lowest BCUT2D eigenvalue weighted by atomic mass is 10.2. The van der Waals surface area contributed by atoms with Crippen molar-refractivity contribution in [2.45, 2.75) is 6.42 Å². The number of aromatic amines is 2. The van der Waals surface area contributed by atoms with E-state index in [4.69, 9.17) is 16.6 Å². The van der Waals surface area contributed by atoms with E-state index in [-0.39, 0.29) is 0 Å². The van der Waals surface area contributed by atoms with Crippen molar-refractivity contribution >= 4 is 39.2 Å². The van der Waals surface area contributed by atoms with E-state index in [1.807, 2.05) is 18.2 Å². The molecule has 0 spiro atoms. The number of halogens is 1. The Morgan fingerprint density at radius 2 is 1.93 bits per heavy atom. The minimum atomic E-state index is 0.690. The van der Waals surface area contributed by atoms with Gasteiger partial charge < -0.3 is 14.8 Å². The smallest absolute Gasteiger partial charge is 0.159 e. The molecule has 0 aliphatic carbocycles. The van der Waals surface area contributed by atoms with Crippen molar-refractivity contribution in [1.82, 2.24) is 25.1 Å². The molecular formula is C20H21ClN6. The van der Waals surface area contributed by atoms with Gasteiger partial charge in [0.2, 0.25) is 0 Å². The zero-order valence-corrected chi connectivity index (χ0v) is 15.9. The molecule has 5 rings (SSSR count). The van der Waals surface area contributed by atoms with Crippen LogP contribution in [0.25, 0.3) is 33.5 Å². The van der Waals surface area contributed by atoms with Crippen LogP contribution in [-0.2, 0) is 0 Å². The Balaban J connectivity index is 1.52. The first-order valence-corrected chi connectivity index (χ1v) is 9.62. The largest absolute Gasteiger partial charge is 0.370 e. The highest BCUT2D eigenvalue weighted by Gasteiger charge is 2.16. The first-order chi connectivity index (χ1) is 13.2. The number of likely N-dealkylation sites (N-methyl/N-ethyl adjacent to an activating group) is 1. The first kappa shape index (κ1) is 16.6. The van der Waals surface area contributed by atoms with Gasteiger partial charge in [0.15, 0.2) is 5.82 Å². The summed E-state index contributed by atoms with van der Waals surface area (Å²) in [7, 11) is 2.19. The van der Waals surface area contributed by atoms with Crippen LogP contribution in [0.4, 0.5) is 5.69 Å². The summed E-state index contributed by atoms with van der Waals surface area (Å²) in [6.07, 6.45) is 1.19. The molecule has 3 heterocycles. The summed E-state index contributed by atoms with van der Waals surface area (Å²) in [5, 5.41) is 9.18. The fourth-order valence-electron chi connectivity index (χ4n) is 3.78. The molecule has 7 heteroatoms. The molecule has 0 amide bonds. The van der Waals surface area contributed by atoms with Crippen molar-refractivity contribution in [3.05, 3.63) is 41.4 Å². The molecule has 1 fully saturated rings. The van der Waals surface area contributed by atoms with Gasteiger partial charge in [-0.2, -0.15) is 5.10 Å². The third kappa shape index (κ3) is 3.05. The Kier molecular flexibility index (Phi) is 4.02. The van der Waals surface area contributed by atoms with Crippen LogP contribution in [0.3, 0.4) is 0 Å². The molecular weight excluding hydrogens is 360 g/mol. The van der Waals surface area contributed by atoms with Crippen molar-refractivity contribution < 1.29 is 0 Å². The van der Waals surface area contributed by atoms with Gasteiger partial charge in [-0.1, -0.05) is 11.6 Å². The van der Waals surface area contributed by atoms with Crippen LogP contribution in [0.5, 0.6) is 0 Å². The molecule has 2 N–H and O–H groups in total. The zero-order chi connectivity index (χ0) is 18.4. The highest BCUT2D eigenvalue weighted by Crippen LogP contribution is 2.29. The summed E-state index contributed by atoms with van der Waals surface area (Å²) in [6, 6.07) is 12.2. The van der Waals surface area contributed by atoms with Gasteiger partial charge in [-0.25, -0.2) is 4.98 Å². The average Bonchev–Trinajstić information content (AvgIpc) is 3.20. The lowest BCUT2D eigenvalue weighted by Gasteiger charge is -2.22. The summed E-state index contributed by atoms with van der Waals surface area (Å²) >= 11 is 6.07. The topological polar surface area (TPSA) is 63.8 Å². The van der Waals surface area contributed by atoms with Crippen molar-refractivity contribution in [2.75, 3.05) is 38.1 Å². The molecule has 0 saturated carbocycles. The summed E-state index contributed by atoms with van der Waals surface area (Å²) in [4.78, 5) is 13.0. The molecule has 1 aliphatic rings. The molecule has 1 saturated heterocycles. The fourth-order valence-corrected chi connectivity index (χ4v) is 3.96. The van der Waals surface area contributed by atoms with Crippen LogP contribution in [0.15, 0.2) is 36.4 Å². The number of rotatable bonds is 2. The van der Waals surface area contributed by atoms with E-state index >= 15 is 0 Å². The molecule has 2 aromatic heterocycles. The summed E-state index contributed by atoms with van der Waals surface area (Å²) in [5.74, 6) is 0.770. The Morgan fingerprint density at radius 3 is 2.85 bits per heavy atom. The third-order valence-electron chi connectivity index (χ3n) is 5.30. The van der Waals surface area contributed by atoms with Crippen LogP contribution in [0.2, 0.25) is 5.02 Å². The van der Waals surface area contributed by atoms with E-state index < -0.39 is 0 Å². The second-order valence-electron chi connectivity index (χ2n) is 7.19. The summed E-state index contributed by atoms with van der Waals surface area (Å²) in [5.41, 5.74) is 4.95. The van der Waals surface area contributed by atoms with Gasteiger partial charge in [-0.3, -0.25) is 5.10 Å². The zero-order valence-electron chi connectivity index (χ0n) is 15.2. The minimum Gasteiger partial charge on any atom is -0.370 e. The quantitative estimate of drug-likeness (QED) is 0.553. The number of hydrogen-bond donors (Lipinski definition) is 2. The number of H-pyrrole nitrogens is 2. The predicted molar refractivity (Wildman–Crippen MR) is 111 cm³/mol. The number of nitrogens with zero attached hydrogens (tertiary/aromatic N) is 4. The maximum atomic E-state index is 6.07. The Morgan fingerprint density at radius 1 is 1.00 bits per heavy atom. The number of imidazole rings is 1. The SMILES string of the molecule is CN1CCCN(c2ccc3nc(-c4n[nH]c5cc(Cl)ccc45)[nH]c3c2)CC1. The lowest BCUT2D eigenvalue weighted by Crippen LogP contribution is -2.28. The molecule has 0 unspecified atom stereocenters. The summed E-state index contributed by atoms with van der Waals surface area (Å²) in [6.45, 7) is 4.38. The van der Waals surface area contributed by atoms with Gasteiger partial charge in [-0.15, -0.1) is 0 Å². The first-order valence-electron chi connectivity index (χ1n) is 9.25. The number of anilines is 1. The molecule has 27 heavy (non-hydrogen) atoms. The number of benzene rings is 2. The van der Waals surface area contributed by atoms with E-state index in [2.05, 4.69) is 50.2 Å². The molecule has 2 aromatic carbocycles. The minimum absolute atomic E-state index is 0.690. The average molecular weight is 381 g/mol. The number of hydrogen-bond acceptors (Lipinski definition) is 4. The Hall–Kier alpha value is -2.57. The number of nitrogens with one attached hydrogen (secondary N) is 2. The second kappa shape index (κ2) is 6.55. The molecule has 1 aliphatic heterocycles. The van der Waals surface area contributed by atoms with Gasteiger partial charge in [0.1, 0.15) is 5.69 Å². The van der Waals surface area contributed by atoms with E-state index in [1.165, 1.54) is 12.1 Å². The highest BCUT2D eigenvalue weighted by atomic mass is 35.5. The predicted octanol–water partition coefficient (Wildman–Crippen LogP) is 3.90. The van der Waals surface area contributed by atoms with E-state index in [9.17, 15) is 0 Å². The molecule has 138 valence electrons. The van der Waals surface area contributed by atoms with Crippen LogP contribution in [0.1, 0.15) is 6.42 Å². The fraction of sp³-hybridized carbons (Fsp3) is 0.300. The molecule has 6 nitrogen and oxygen atoms in total. The van der Waals surface area contributed by atoms with Gasteiger partial charge in [0, 0.05) is 35.7 Å². The number of fused-ring (bicyclic) bond motifs is 2. The van der Waals surface area contributed by atoms with Crippen molar-refractivity contribution in [3.63, 3.8) is 0 Å². The third-order valence-corrected chi connectivity index (χ3v) is 5.53. The van der Waals surface area contributed by atoms with Crippen molar-refractivity contribution in [1.29, 1.82) is 0 Å². The standard InChI is InChI=1S/C20H21ClN6/c1-26-7-2-8-27(10-9-26)14-4-6-16-18(12-14)23-20(22-16)19-15-5-3-13(21)11-17(15)24-25-19/h3-6,11-12H,2,7-10H2,1H3,(H,22,23)(H,24,25). The van der Waals surface area contributed by atoms with Gasteiger partial charge in [0.25, 0.3) is 0 Å². The maximum Gasteiger partial charge on any atom is 0.159 e. The monoisotopic (exact) mass is 380 g/mol. The lowest BCUT2D eigenvalue weighted by molar-refractivity contribution is 0.360. The summed E-state index contributed by atoms with van der Waals surface area (Å²) < 4.78 is 0. The molecule has 0 bridgehead atoms. The van der Waals surface area contributed by atoms with E-state index in [0.717, 1.165) is 59.6 Å². The van der Waals surface area contributed by atoms with Crippen LogP contribution < -0.4 is 4.90 Å². The Labute approximate surface area is 162 Å². The normalized spacial score (nSPS) is 16.3. The van der Waals surface area contributed by atoms with Gasteiger partial charge >= 0.3 is 0 Å². The Bertz CT molecular complexity index is 1110. The highest BCUT2D eigenvalue weighted by molar-refractivity contribution is 6.31. The van der Waals surface area contributed by atoms with Crippen LogP contribution in [-0.4, -0.2) is 58.3 Å². The maximum absolute atomic E-state index is 6.07. The van der Waals surface area contributed by atoms with Crippen molar-refractivity contribution in [2.24, 2.45) is 0 Å². The molecule has 0 atom stereocenters. The van der Waals surface area contributed by atoms with E-state index in [1.54, 1.807) is 0 Å². The van der Waals surface area contributed by atoms with E-state index in [0.29, 0.717) is 5.02 Å². The van der Waals surface area contributed by atoms with Crippen molar-refractivity contribution in [3.8, 4) is 11.5 Å². The van der Waals surface area contributed by atoms with Crippen LogP contribution in [0, 0.1) is 0 Å². The molecule has 4 aromatic rings. The number of aromatic nitrogens is 4. The molecule has 0 radical (unpaired) electrons. The van der Waals surface area contributed by atoms with Gasteiger partial charge in [0.05, 0.1) is 16.6 Å². The van der Waals surface area contributed by atoms with Crippen LogP contribution >= 0.6 is 11.6 Å².